The molecule has 6 heteroatoms. The van der Waals surface area contributed by atoms with Crippen molar-refractivity contribution in [3.8, 4) is 11.1 Å². The summed E-state index contributed by atoms with van der Waals surface area (Å²) in [5.41, 5.74) is 3.39. The van der Waals surface area contributed by atoms with Crippen LogP contribution in [0.15, 0.2) is 60.8 Å². The first kappa shape index (κ1) is 17.9. The van der Waals surface area contributed by atoms with Gasteiger partial charge in [-0.1, -0.05) is 18.2 Å². The van der Waals surface area contributed by atoms with Crippen molar-refractivity contribution >= 4 is 33.1 Å². The lowest BCUT2D eigenvalue weighted by Gasteiger charge is -2.24. The van der Waals surface area contributed by atoms with Gasteiger partial charge in [-0.3, -0.25) is 9.59 Å². The van der Waals surface area contributed by atoms with E-state index in [1.54, 1.807) is 22.8 Å². The number of carbonyl (C=O) groups excluding carboxylic acids is 2. The molecule has 2 aromatic heterocycles. The van der Waals surface area contributed by atoms with Crippen molar-refractivity contribution in [3.63, 3.8) is 0 Å². The molecule has 1 atom stereocenters. The predicted molar refractivity (Wildman–Crippen MR) is 111 cm³/mol. The Kier molecular flexibility index (Phi) is 4.36. The number of benzene rings is 2. The highest BCUT2D eigenvalue weighted by atomic mass is 32.1. The summed E-state index contributed by atoms with van der Waals surface area (Å²) in [5, 5.41) is 0.770. The molecule has 0 radical (unpaired) electrons. The zero-order chi connectivity index (χ0) is 20.0. The zero-order valence-electron chi connectivity index (χ0n) is 15.5. The van der Waals surface area contributed by atoms with Gasteiger partial charge < -0.3 is 4.57 Å². The van der Waals surface area contributed by atoms with E-state index in [4.69, 9.17) is 0 Å². The number of thiazole rings is 1. The van der Waals surface area contributed by atoms with Crippen molar-refractivity contribution in [1.82, 2.24) is 9.55 Å². The Morgan fingerprint density at radius 3 is 2.76 bits per heavy atom. The molecule has 29 heavy (non-hydrogen) atoms. The van der Waals surface area contributed by atoms with Crippen molar-refractivity contribution in [2.24, 2.45) is 0 Å². The van der Waals surface area contributed by atoms with Crippen LogP contribution in [0.5, 0.6) is 0 Å². The van der Waals surface area contributed by atoms with E-state index >= 15 is 0 Å². The third kappa shape index (κ3) is 3.29. The molecular weight excluding hydrogens is 387 g/mol. The smallest absolute Gasteiger partial charge is 0.179 e. The van der Waals surface area contributed by atoms with Gasteiger partial charge in [0.25, 0.3) is 0 Å². The minimum Gasteiger partial charge on any atom is -0.335 e. The van der Waals surface area contributed by atoms with Crippen LogP contribution in [0.3, 0.4) is 0 Å². The van der Waals surface area contributed by atoms with Gasteiger partial charge in [-0.25, -0.2) is 9.37 Å². The van der Waals surface area contributed by atoms with Gasteiger partial charge in [0.05, 0.1) is 28.4 Å². The van der Waals surface area contributed by atoms with Crippen LogP contribution in [0.4, 0.5) is 4.39 Å². The van der Waals surface area contributed by atoms with E-state index < -0.39 is 0 Å². The molecule has 1 unspecified atom stereocenters. The summed E-state index contributed by atoms with van der Waals surface area (Å²) in [4.78, 5) is 29.5. The topological polar surface area (TPSA) is 52.0 Å². The van der Waals surface area contributed by atoms with Crippen molar-refractivity contribution in [2.75, 3.05) is 0 Å². The number of aromatic nitrogens is 2. The van der Waals surface area contributed by atoms with Gasteiger partial charge in [-0.2, -0.15) is 0 Å². The highest BCUT2D eigenvalue weighted by Crippen LogP contribution is 2.31. The minimum atomic E-state index is -0.306. The van der Waals surface area contributed by atoms with E-state index in [1.807, 2.05) is 30.5 Å². The molecule has 1 aliphatic rings. The van der Waals surface area contributed by atoms with Crippen molar-refractivity contribution in [1.29, 1.82) is 0 Å². The average Bonchev–Trinajstić information content (AvgIpc) is 3.35. The fraction of sp³-hybridized carbons (Fsp3) is 0.174. The number of ketones is 2. The fourth-order valence-electron chi connectivity index (χ4n) is 3.89. The Morgan fingerprint density at radius 2 is 1.93 bits per heavy atom. The van der Waals surface area contributed by atoms with Crippen LogP contribution in [-0.4, -0.2) is 21.1 Å². The first-order valence-electron chi connectivity index (χ1n) is 9.47. The van der Waals surface area contributed by atoms with Gasteiger partial charge in [0.1, 0.15) is 10.8 Å². The summed E-state index contributed by atoms with van der Waals surface area (Å²) in [6, 6.07) is 15.6. The number of fused-ring (bicyclic) bond motifs is 2. The quantitative estimate of drug-likeness (QED) is 0.468. The maximum absolute atomic E-state index is 13.2. The van der Waals surface area contributed by atoms with Crippen LogP contribution < -0.4 is 0 Å². The van der Waals surface area contributed by atoms with Crippen LogP contribution in [0.1, 0.15) is 34.4 Å². The summed E-state index contributed by atoms with van der Waals surface area (Å²) in [7, 11) is 0. The maximum Gasteiger partial charge on any atom is 0.179 e. The molecular formula is C23H17FN2O2S. The largest absolute Gasteiger partial charge is 0.335 e. The monoisotopic (exact) mass is 404 g/mol. The van der Waals surface area contributed by atoms with Crippen LogP contribution in [-0.2, 0) is 11.2 Å². The molecule has 0 bridgehead atoms. The van der Waals surface area contributed by atoms with E-state index in [2.05, 4.69) is 4.98 Å². The lowest BCUT2D eigenvalue weighted by Crippen LogP contribution is -2.28. The minimum absolute atomic E-state index is 0.0766. The molecule has 0 amide bonds. The van der Waals surface area contributed by atoms with Gasteiger partial charge in [-0.05, 0) is 53.9 Å². The Morgan fingerprint density at radius 1 is 1.14 bits per heavy atom. The summed E-state index contributed by atoms with van der Waals surface area (Å²) < 4.78 is 16.0. The molecule has 0 saturated carbocycles. The average molecular weight is 404 g/mol. The first-order chi connectivity index (χ1) is 14.1. The number of rotatable bonds is 4. The van der Waals surface area contributed by atoms with Crippen molar-refractivity contribution in [2.45, 2.75) is 25.3 Å². The van der Waals surface area contributed by atoms with Gasteiger partial charge in [0.2, 0.25) is 0 Å². The zero-order valence-corrected chi connectivity index (χ0v) is 16.3. The Hall–Kier alpha value is -3.12. The van der Waals surface area contributed by atoms with Gasteiger partial charge >= 0.3 is 0 Å². The molecule has 0 aliphatic carbocycles. The number of Topliss-reactive ketones (excluding diaryl/α,β-unsaturated/α-hetero) is 2. The van der Waals surface area contributed by atoms with Crippen LogP contribution in [0, 0.1) is 5.82 Å². The number of halogens is 1. The molecule has 0 N–H and O–H groups in total. The fourth-order valence-corrected chi connectivity index (χ4v) is 4.91. The summed E-state index contributed by atoms with van der Waals surface area (Å²) >= 11 is 1.50. The van der Waals surface area contributed by atoms with Crippen molar-refractivity contribution in [3.05, 3.63) is 77.3 Å². The molecule has 1 aliphatic heterocycles. The molecule has 2 aromatic carbocycles. The van der Waals surface area contributed by atoms with E-state index in [1.165, 1.54) is 23.5 Å². The number of carbonyl (C=O) groups is 2. The van der Waals surface area contributed by atoms with Crippen LogP contribution in [0.2, 0.25) is 0 Å². The second kappa shape index (κ2) is 7.04. The third-order valence-corrected chi connectivity index (χ3v) is 6.37. The maximum atomic E-state index is 13.2. The third-order valence-electron chi connectivity index (χ3n) is 5.35. The number of nitrogens with zero attached hydrogens (tertiary/aromatic N) is 2. The SMILES string of the molecule is O=C1CCC(C(=O)Cc2nc3ccc(-c4ccc(F)cc4)cc3s2)n2cccc21. The molecule has 3 heterocycles. The second-order valence-corrected chi connectivity index (χ2v) is 8.33. The van der Waals surface area contributed by atoms with Gasteiger partial charge in [0, 0.05) is 12.6 Å². The molecule has 4 aromatic rings. The van der Waals surface area contributed by atoms with E-state index in [-0.39, 0.29) is 29.8 Å². The van der Waals surface area contributed by atoms with E-state index in [9.17, 15) is 14.0 Å². The molecule has 5 rings (SSSR count). The molecule has 0 fully saturated rings. The summed E-state index contributed by atoms with van der Waals surface area (Å²) in [6.45, 7) is 0. The molecule has 0 saturated heterocycles. The lowest BCUT2D eigenvalue weighted by molar-refractivity contribution is -0.121. The van der Waals surface area contributed by atoms with Crippen LogP contribution >= 0.6 is 11.3 Å². The van der Waals surface area contributed by atoms with E-state index in [0.717, 1.165) is 26.4 Å². The Bertz CT molecular complexity index is 1240. The Balaban J connectivity index is 1.40. The van der Waals surface area contributed by atoms with Gasteiger partial charge in [0.15, 0.2) is 11.6 Å². The molecule has 0 spiro atoms. The Labute approximate surface area is 170 Å². The van der Waals surface area contributed by atoms with Crippen LogP contribution in [0.25, 0.3) is 21.3 Å². The summed E-state index contributed by atoms with van der Waals surface area (Å²) in [6.07, 6.45) is 3.00. The van der Waals surface area contributed by atoms with Crippen molar-refractivity contribution < 1.29 is 14.0 Å². The number of hydrogen-bond acceptors (Lipinski definition) is 4. The van der Waals surface area contributed by atoms with Gasteiger partial charge in [-0.15, -0.1) is 11.3 Å². The highest BCUT2D eigenvalue weighted by molar-refractivity contribution is 7.18. The molecule has 144 valence electrons. The normalized spacial score (nSPS) is 16.2. The second-order valence-electron chi connectivity index (χ2n) is 7.22. The predicted octanol–water partition coefficient (Wildman–Crippen LogP) is 5.23. The lowest BCUT2D eigenvalue weighted by atomic mass is 9.97. The molecule has 4 nitrogen and oxygen atoms in total. The first-order valence-corrected chi connectivity index (χ1v) is 10.3. The standard InChI is InChI=1S/C23H17FN2O2S/c24-16-6-3-14(4-7-16)15-5-8-17-22(12-15)29-23(25-17)13-21(28)19-9-10-20(27)18-2-1-11-26(18)19/h1-8,11-12,19H,9-10,13H2. The highest BCUT2D eigenvalue weighted by Gasteiger charge is 2.29. The summed E-state index contributed by atoms with van der Waals surface area (Å²) in [5.74, 6) is -0.0937. The van der Waals surface area contributed by atoms with E-state index in [0.29, 0.717) is 18.5 Å². The number of hydrogen-bond donors (Lipinski definition) is 0.